The summed E-state index contributed by atoms with van der Waals surface area (Å²) in [6.45, 7) is 1.24. The van der Waals surface area contributed by atoms with Crippen molar-refractivity contribution in [3.05, 3.63) is 29.8 Å². The standard InChI is InChI=1S/C16H17F3N2O2/c17-16(18,19)11-5-1-2-6-12(11)20-13(22)15(7-8-15)14(23)21-9-3-4-10-21/h1-2,5-6H,3-4,7-10H2,(H,20,22). The molecule has 0 spiro atoms. The summed E-state index contributed by atoms with van der Waals surface area (Å²) in [6.07, 6.45) is -1.97. The van der Waals surface area contributed by atoms with Crippen LogP contribution in [0.1, 0.15) is 31.2 Å². The van der Waals surface area contributed by atoms with E-state index in [4.69, 9.17) is 0 Å². The number of hydrogen-bond acceptors (Lipinski definition) is 2. The molecule has 0 bridgehead atoms. The van der Waals surface area contributed by atoms with Gasteiger partial charge in [0.15, 0.2) is 0 Å². The Hall–Kier alpha value is -2.05. The van der Waals surface area contributed by atoms with Gasteiger partial charge >= 0.3 is 6.18 Å². The van der Waals surface area contributed by atoms with E-state index in [1.165, 1.54) is 18.2 Å². The van der Waals surface area contributed by atoms with Crippen LogP contribution in [0.3, 0.4) is 0 Å². The normalized spacial score (nSPS) is 19.5. The number of carbonyl (C=O) groups is 2. The molecule has 1 aromatic rings. The lowest BCUT2D eigenvalue weighted by Gasteiger charge is -2.23. The van der Waals surface area contributed by atoms with Crippen molar-refractivity contribution in [2.45, 2.75) is 31.9 Å². The number of amides is 2. The Bertz CT molecular complexity index is 632. The zero-order valence-corrected chi connectivity index (χ0v) is 12.4. The van der Waals surface area contributed by atoms with Gasteiger partial charge in [0.25, 0.3) is 0 Å². The minimum absolute atomic E-state index is 0.253. The second-order valence-corrected chi connectivity index (χ2v) is 6.08. The molecule has 1 N–H and O–H groups in total. The largest absolute Gasteiger partial charge is 0.418 e. The van der Waals surface area contributed by atoms with Crippen LogP contribution in [0.4, 0.5) is 18.9 Å². The molecule has 4 nitrogen and oxygen atoms in total. The van der Waals surface area contributed by atoms with E-state index >= 15 is 0 Å². The van der Waals surface area contributed by atoms with Crippen molar-refractivity contribution in [1.29, 1.82) is 0 Å². The van der Waals surface area contributed by atoms with Gasteiger partial charge in [-0.3, -0.25) is 9.59 Å². The number of likely N-dealkylation sites (tertiary alicyclic amines) is 1. The number of rotatable bonds is 3. The number of nitrogens with zero attached hydrogens (tertiary/aromatic N) is 1. The van der Waals surface area contributed by atoms with E-state index in [0.29, 0.717) is 25.9 Å². The van der Waals surface area contributed by atoms with Crippen molar-refractivity contribution in [2.75, 3.05) is 18.4 Å². The number of alkyl halides is 3. The number of para-hydroxylation sites is 1. The predicted molar refractivity (Wildman–Crippen MR) is 77.6 cm³/mol. The highest BCUT2D eigenvalue weighted by Crippen LogP contribution is 2.49. The lowest BCUT2D eigenvalue weighted by Crippen LogP contribution is -2.41. The summed E-state index contributed by atoms with van der Waals surface area (Å²) in [5.41, 5.74) is -2.38. The first kappa shape index (κ1) is 15.8. The van der Waals surface area contributed by atoms with Gasteiger partial charge in [0.1, 0.15) is 5.41 Å². The van der Waals surface area contributed by atoms with Crippen LogP contribution < -0.4 is 5.32 Å². The Kier molecular flexibility index (Phi) is 3.82. The van der Waals surface area contributed by atoms with Crippen molar-refractivity contribution >= 4 is 17.5 Å². The second kappa shape index (κ2) is 5.54. The molecule has 1 aromatic carbocycles. The van der Waals surface area contributed by atoms with Gasteiger partial charge in [-0.25, -0.2) is 0 Å². The summed E-state index contributed by atoms with van der Waals surface area (Å²) in [5, 5.41) is 2.32. The predicted octanol–water partition coefficient (Wildman–Crippen LogP) is 3.05. The summed E-state index contributed by atoms with van der Waals surface area (Å²) in [7, 11) is 0. The Labute approximate surface area is 131 Å². The monoisotopic (exact) mass is 326 g/mol. The summed E-state index contributed by atoms with van der Waals surface area (Å²) >= 11 is 0. The van der Waals surface area contributed by atoms with Gasteiger partial charge < -0.3 is 10.2 Å². The van der Waals surface area contributed by atoms with E-state index in [1.54, 1.807) is 4.90 Å². The highest BCUT2D eigenvalue weighted by Gasteiger charge is 2.58. The van der Waals surface area contributed by atoms with Crippen LogP contribution in [0.2, 0.25) is 0 Å². The van der Waals surface area contributed by atoms with Crippen molar-refractivity contribution in [3.63, 3.8) is 0 Å². The van der Waals surface area contributed by atoms with Crippen molar-refractivity contribution in [1.82, 2.24) is 4.90 Å². The summed E-state index contributed by atoms with van der Waals surface area (Å²) in [6, 6.07) is 4.81. The maximum absolute atomic E-state index is 13.0. The molecular weight excluding hydrogens is 309 g/mol. The van der Waals surface area contributed by atoms with Crippen LogP contribution in [-0.4, -0.2) is 29.8 Å². The fraction of sp³-hybridized carbons (Fsp3) is 0.500. The molecule has 1 aliphatic carbocycles. The van der Waals surface area contributed by atoms with E-state index in [1.807, 2.05) is 0 Å². The molecule has 2 fully saturated rings. The van der Waals surface area contributed by atoms with E-state index in [-0.39, 0.29) is 11.6 Å². The molecule has 23 heavy (non-hydrogen) atoms. The molecule has 124 valence electrons. The molecule has 1 heterocycles. The van der Waals surface area contributed by atoms with Gasteiger partial charge in [-0.2, -0.15) is 13.2 Å². The first-order valence-electron chi connectivity index (χ1n) is 7.62. The highest BCUT2D eigenvalue weighted by atomic mass is 19.4. The van der Waals surface area contributed by atoms with Gasteiger partial charge in [0.05, 0.1) is 11.3 Å². The zero-order chi connectivity index (χ0) is 16.7. The van der Waals surface area contributed by atoms with Gasteiger partial charge in [0, 0.05) is 13.1 Å². The van der Waals surface area contributed by atoms with E-state index in [9.17, 15) is 22.8 Å². The Balaban J connectivity index is 1.79. The molecule has 1 saturated heterocycles. The number of benzene rings is 1. The van der Waals surface area contributed by atoms with Gasteiger partial charge in [-0.15, -0.1) is 0 Å². The average Bonchev–Trinajstić information content (AvgIpc) is 3.13. The lowest BCUT2D eigenvalue weighted by atomic mass is 10.0. The zero-order valence-electron chi connectivity index (χ0n) is 12.4. The molecular formula is C16H17F3N2O2. The SMILES string of the molecule is O=C(Nc1ccccc1C(F)(F)F)C1(C(=O)N2CCCC2)CC1. The molecule has 7 heteroatoms. The Morgan fingerprint density at radius 2 is 1.70 bits per heavy atom. The number of halogens is 3. The minimum atomic E-state index is -4.56. The number of hydrogen-bond donors (Lipinski definition) is 1. The fourth-order valence-electron chi connectivity index (χ4n) is 2.97. The van der Waals surface area contributed by atoms with Crippen LogP contribution in [0.5, 0.6) is 0 Å². The van der Waals surface area contributed by atoms with Gasteiger partial charge in [-0.05, 0) is 37.8 Å². The average molecular weight is 326 g/mol. The van der Waals surface area contributed by atoms with Crippen molar-refractivity contribution in [2.24, 2.45) is 5.41 Å². The van der Waals surface area contributed by atoms with Gasteiger partial charge in [0.2, 0.25) is 11.8 Å². The third kappa shape index (κ3) is 2.92. The van der Waals surface area contributed by atoms with Gasteiger partial charge in [-0.1, -0.05) is 12.1 Å². The number of carbonyl (C=O) groups excluding carboxylic acids is 2. The molecule has 3 rings (SSSR count). The molecule has 0 unspecified atom stereocenters. The van der Waals surface area contributed by atoms with E-state index in [0.717, 1.165) is 18.9 Å². The van der Waals surface area contributed by atoms with Crippen LogP contribution in [0.25, 0.3) is 0 Å². The molecule has 0 radical (unpaired) electrons. The highest BCUT2D eigenvalue weighted by molar-refractivity contribution is 6.13. The van der Waals surface area contributed by atoms with Crippen LogP contribution in [0, 0.1) is 5.41 Å². The third-order valence-corrected chi connectivity index (χ3v) is 4.47. The Morgan fingerprint density at radius 3 is 2.26 bits per heavy atom. The second-order valence-electron chi connectivity index (χ2n) is 6.08. The first-order valence-corrected chi connectivity index (χ1v) is 7.62. The smallest absolute Gasteiger partial charge is 0.342 e. The van der Waals surface area contributed by atoms with Crippen molar-refractivity contribution < 1.29 is 22.8 Å². The van der Waals surface area contributed by atoms with Crippen LogP contribution in [0.15, 0.2) is 24.3 Å². The summed E-state index contributed by atoms with van der Waals surface area (Å²) in [4.78, 5) is 26.6. The number of nitrogens with one attached hydrogen (secondary N) is 1. The molecule has 0 aromatic heterocycles. The maximum Gasteiger partial charge on any atom is 0.418 e. The maximum atomic E-state index is 13.0. The van der Waals surface area contributed by atoms with E-state index in [2.05, 4.69) is 5.32 Å². The molecule has 2 aliphatic rings. The third-order valence-electron chi connectivity index (χ3n) is 4.47. The molecule has 0 atom stereocenters. The molecule has 1 saturated carbocycles. The van der Waals surface area contributed by atoms with E-state index < -0.39 is 23.1 Å². The minimum Gasteiger partial charge on any atom is -0.342 e. The van der Waals surface area contributed by atoms with Crippen molar-refractivity contribution in [3.8, 4) is 0 Å². The lowest BCUT2D eigenvalue weighted by molar-refractivity contribution is -0.141. The summed E-state index contributed by atoms with van der Waals surface area (Å²) in [5.74, 6) is -0.886. The fourth-order valence-corrected chi connectivity index (χ4v) is 2.97. The quantitative estimate of drug-likeness (QED) is 0.868. The Morgan fingerprint density at radius 1 is 1.09 bits per heavy atom. The molecule has 1 aliphatic heterocycles. The van der Waals surface area contributed by atoms with Crippen LogP contribution in [-0.2, 0) is 15.8 Å². The van der Waals surface area contributed by atoms with Crippen LogP contribution >= 0.6 is 0 Å². The summed E-state index contributed by atoms with van der Waals surface area (Å²) < 4.78 is 39.0. The first-order chi connectivity index (χ1) is 10.8. The number of anilines is 1. The molecule has 2 amide bonds. The topological polar surface area (TPSA) is 49.4 Å².